The van der Waals surface area contributed by atoms with Gasteiger partial charge in [-0.05, 0) is 49.6 Å². The van der Waals surface area contributed by atoms with E-state index in [1.165, 1.54) is 0 Å². The first-order valence-electron chi connectivity index (χ1n) is 6.72. The Hall–Kier alpha value is -0.750. The fourth-order valence-electron chi connectivity index (χ4n) is 2.67. The Morgan fingerprint density at radius 1 is 1.25 bits per heavy atom. The van der Waals surface area contributed by atoms with Crippen LogP contribution in [-0.4, -0.2) is 25.8 Å². The second-order valence-corrected chi connectivity index (χ2v) is 6.03. The number of anilines is 1. The minimum atomic E-state index is -4.06. The van der Waals surface area contributed by atoms with E-state index in [1.807, 2.05) is 23.1 Å². The molecule has 1 saturated heterocycles. The SMILES string of the molecule is NCCc1cc(Br)ccc1N1CCC(C(F)(F)F)CC1. The van der Waals surface area contributed by atoms with Gasteiger partial charge in [0, 0.05) is 23.2 Å². The lowest BCUT2D eigenvalue weighted by Gasteiger charge is -2.35. The monoisotopic (exact) mass is 350 g/mol. The van der Waals surface area contributed by atoms with Gasteiger partial charge in [-0.2, -0.15) is 13.2 Å². The van der Waals surface area contributed by atoms with Crippen LogP contribution in [0.15, 0.2) is 22.7 Å². The molecule has 1 aliphatic rings. The number of piperidine rings is 1. The summed E-state index contributed by atoms with van der Waals surface area (Å²) in [5.41, 5.74) is 7.71. The van der Waals surface area contributed by atoms with Crippen molar-refractivity contribution in [1.29, 1.82) is 0 Å². The Balaban J connectivity index is 2.10. The third kappa shape index (κ3) is 3.67. The zero-order chi connectivity index (χ0) is 14.8. The van der Waals surface area contributed by atoms with E-state index in [1.54, 1.807) is 0 Å². The van der Waals surface area contributed by atoms with Crippen LogP contribution in [0.2, 0.25) is 0 Å². The molecule has 0 radical (unpaired) electrons. The fraction of sp³-hybridized carbons (Fsp3) is 0.571. The number of hydrogen-bond acceptors (Lipinski definition) is 2. The van der Waals surface area contributed by atoms with Crippen LogP contribution in [0.1, 0.15) is 18.4 Å². The van der Waals surface area contributed by atoms with Gasteiger partial charge in [-0.1, -0.05) is 15.9 Å². The molecule has 2 N–H and O–H groups in total. The summed E-state index contributed by atoms with van der Waals surface area (Å²) >= 11 is 3.42. The summed E-state index contributed by atoms with van der Waals surface area (Å²) in [6.45, 7) is 1.43. The first-order chi connectivity index (χ1) is 9.41. The molecular weight excluding hydrogens is 333 g/mol. The molecule has 20 heavy (non-hydrogen) atoms. The molecule has 0 saturated carbocycles. The van der Waals surface area contributed by atoms with Gasteiger partial charge in [0.15, 0.2) is 0 Å². The predicted molar refractivity (Wildman–Crippen MR) is 77.9 cm³/mol. The van der Waals surface area contributed by atoms with E-state index in [9.17, 15) is 13.2 Å². The maximum absolute atomic E-state index is 12.7. The Bertz CT molecular complexity index is 454. The molecule has 1 aliphatic heterocycles. The van der Waals surface area contributed by atoms with Crippen LogP contribution < -0.4 is 10.6 Å². The lowest BCUT2D eigenvalue weighted by atomic mass is 9.95. The zero-order valence-corrected chi connectivity index (χ0v) is 12.7. The van der Waals surface area contributed by atoms with E-state index < -0.39 is 12.1 Å². The molecule has 6 heteroatoms. The number of nitrogens with zero attached hydrogens (tertiary/aromatic N) is 1. The second kappa shape index (κ2) is 6.35. The molecule has 112 valence electrons. The molecule has 1 aromatic carbocycles. The average molecular weight is 351 g/mol. The minimum absolute atomic E-state index is 0.168. The van der Waals surface area contributed by atoms with Gasteiger partial charge in [0.2, 0.25) is 0 Å². The molecule has 2 rings (SSSR count). The maximum atomic E-state index is 12.7. The van der Waals surface area contributed by atoms with E-state index in [0.29, 0.717) is 19.6 Å². The van der Waals surface area contributed by atoms with Gasteiger partial charge >= 0.3 is 6.18 Å². The van der Waals surface area contributed by atoms with Crippen molar-refractivity contribution in [3.63, 3.8) is 0 Å². The van der Waals surface area contributed by atoms with E-state index in [0.717, 1.165) is 22.1 Å². The molecular formula is C14H18BrF3N2. The van der Waals surface area contributed by atoms with Crippen LogP contribution in [-0.2, 0) is 6.42 Å². The van der Waals surface area contributed by atoms with Crippen molar-refractivity contribution in [3.05, 3.63) is 28.2 Å². The summed E-state index contributed by atoms with van der Waals surface area (Å²) in [7, 11) is 0. The highest BCUT2D eigenvalue weighted by Gasteiger charge is 2.41. The summed E-state index contributed by atoms with van der Waals surface area (Å²) in [5.74, 6) is -1.16. The molecule has 0 spiro atoms. The largest absolute Gasteiger partial charge is 0.391 e. The van der Waals surface area contributed by atoms with Crippen LogP contribution in [0, 0.1) is 5.92 Å². The smallest absolute Gasteiger partial charge is 0.371 e. The summed E-state index contributed by atoms with van der Waals surface area (Å²) in [6, 6.07) is 5.88. The maximum Gasteiger partial charge on any atom is 0.391 e. The van der Waals surface area contributed by atoms with Gasteiger partial charge in [0.1, 0.15) is 0 Å². The van der Waals surface area contributed by atoms with Crippen molar-refractivity contribution < 1.29 is 13.2 Å². The molecule has 1 fully saturated rings. The van der Waals surface area contributed by atoms with Crippen LogP contribution in [0.5, 0.6) is 0 Å². The quantitative estimate of drug-likeness (QED) is 0.899. The molecule has 0 aliphatic carbocycles. The number of nitrogens with two attached hydrogens (primary N) is 1. The summed E-state index contributed by atoms with van der Waals surface area (Å²) in [6.07, 6.45) is -3.00. The van der Waals surface area contributed by atoms with E-state index in [-0.39, 0.29) is 12.8 Å². The van der Waals surface area contributed by atoms with Gasteiger partial charge < -0.3 is 10.6 Å². The molecule has 1 heterocycles. The summed E-state index contributed by atoms with van der Waals surface area (Å²) in [5, 5.41) is 0. The molecule has 1 aromatic rings. The predicted octanol–water partition coefficient (Wildman–Crippen LogP) is 3.73. The van der Waals surface area contributed by atoms with E-state index >= 15 is 0 Å². The lowest BCUT2D eigenvalue weighted by Crippen LogP contribution is -2.39. The first-order valence-corrected chi connectivity index (χ1v) is 7.51. The van der Waals surface area contributed by atoms with Crippen LogP contribution >= 0.6 is 15.9 Å². The third-order valence-corrected chi connectivity index (χ3v) is 4.25. The van der Waals surface area contributed by atoms with Crippen LogP contribution in [0.4, 0.5) is 18.9 Å². The Morgan fingerprint density at radius 3 is 2.45 bits per heavy atom. The van der Waals surface area contributed by atoms with Crippen LogP contribution in [0.3, 0.4) is 0 Å². The van der Waals surface area contributed by atoms with Crippen molar-refractivity contribution in [3.8, 4) is 0 Å². The lowest BCUT2D eigenvalue weighted by molar-refractivity contribution is -0.179. The highest BCUT2D eigenvalue weighted by molar-refractivity contribution is 9.10. The van der Waals surface area contributed by atoms with E-state index in [4.69, 9.17) is 5.73 Å². The number of rotatable bonds is 3. The minimum Gasteiger partial charge on any atom is -0.371 e. The number of hydrogen-bond donors (Lipinski definition) is 1. The van der Waals surface area contributed by atoms with Gasteiger partial charge in [0.25, 0.3) is 0 Å². The highest BCUT2D eigenvalue weighted by atomic mass is 79.9. The molecule has 0 amide bonds. The summed E-state index contributed by atoms with van der Waals surface area (Å²) in [4.78, 5) is 2.04. The zero-order valence-electron chi connectivity index (χ0n) is 11.1. The van der Waals surface area contributed by atoms with Crippen molar-refractivity contribution in [2.24, 2.45) is 11.7 Å². The van der Waals surface area contributed by atoms with Crippen molar-refractivity contribution in [2.75, 3.05) is 24.5 Å². The normalized spacial score (nSPS) is 17.6. The Labute approximate surface area is 125 Å². The van der Waals surface area contributed by atoms with Gasteiger partial charge in [-0.25, -0.2) is 0 Å². The molecule has 0 bridgehead atoms. The van der Waals surface area contributed by atoms with Gasteiger partial charge in [-0.3, -0.25) is 0 Å². The Morgan fingerprint density at radius 2 is 1.90 bits per heavy atom. The number of alkyl halides is 3. The molecule has 0 aromatic heterocycles. The average Bonchev–Trinajstić information content (AvgIpc) is 2.38. The standard InChI is InChI=1S/C14H18BrF3N2/c15-12-1-2-13(10(9-12)3-6-19)20-7-4-11(5-8-20)14(16,17)18/h1-2,9,11H,3-8,19H2. The van der Waals surface area contributed by atoms with Gasteiger partial charge in [0.05, 0.1) is 5.92 Å². The number of benzene rings is 1. The summed E-state index contributed by atoms with van der Waals surface area (Å²) < 4.78 is 39.0. The van der Waals surface area contributed by atoms with Crippen molar-refractivity contribution >= 4 is 21.6 Å². The van der Waals surface area contributed by atoms with Crippen molar-refractivity contribution in [2.45, 2.75) is 25.4 Å². The van der Waals surface area contributed by atoms with Crippen LogP contribution in [0.25, 0.3) is 0 Å². The third-order valence-electron chi connectivity index (χ3n) is 3.75. The van der Waals surface area contributed by atoms with Gasteiger partial charge in [-0.15, -0.1) is 0 Å². The molecule has 2 nitrogen and oxygen atoms in total. The first kappa shape index (κ1) is 15.6. The topological polar surface area (TPSA) is 29.3 Å². The second-order valence-electron chi connectivity index (χ2n) is 5.11. The molecule has 0 atom stereocenters. The fourth-order valence-corrected chi connectivity index (χ4v) is 3.07. The van der Waals surface area contributed by atoms with Crippen molar-refractivity contribution in [1.82, 2.24) is 0 Å². The van der Waals surface area contributed by atoms with E-state index in [2.05, 4.69) is 15.9 Å². The molecule has 0 unspecified atom stereocenters. The Kier molecular flexibility index (Phi) is 4.96. The highest BCUT2D eigenvalue weighted by Crippen LogP contribution is 2.36. The number of halogens is 4.